The molecule has 0 fully saturated rings. The average molecular weight is 204 g/mol. The van der Waals surface area contributed by atoms with Crippen LogP contribution in [0.1, 0.15) is 11.3 Å². The predicted molar refractivity (Wildman–Crippen MR) is 55.6 cm³/mol. The summed E-state index contributed by atoms with van der Waals surface area (Å²) in [6.45, 7) is 1.99. The Balaban J connectivity index is 2.39. The molecule has 0 saturated heterocycles. The third-order valence-electron chi connectivity index (χ3n) is 2.28. The molecule has 4 nitrogen and oxygen atoms in total. The number of pyridine rings is 1. The molecular formula is C11H12N2O2. The lowest BCUT2D eigenvalue weighted by Crippen LogP contribution is -2.04. The summed E-state index contributed by atoms with van der Waals surface area (Å²) < 4.78 is 6.50. The van der Waals surface area contributed by atoms with Gasteiger partial charge in [-0.15, -0.1) is 0 Å². The molecule has 0 aliphatic carbocycles. The second-order valence-corrected chi connectivity index (χ2v) is 3.41. The molecule has 2 heterocycles. The highest BCUT2D eigenvalue weighted by molar-refractivity contribution is 5.72. The number of rotatable bonds is 2. The second kappa shape index (κ2) is 3.73. The van der Waals surface area contributed by atoms with Gasteiger partial charge < -0.3 is 9.14 Å². The maximum atomic E-state index is 11.1. The van der Waals surface area contributed by atoms with Crippen molar-refractivity contribution in [2.24, 2.45) is 0 Å². The van der Waals surface area contributed by atoms with Crippen LogP contribution in [0.3, 0.4) is 0 Å². The standard InChI is InChI=1S/C11H12N2O2/c1-8-4-3-5-13-7-9(12-11(8)13)6-10(14)15-2/h3-5,7H,6H2,1-2H3. The maximum absolute atomic E-state index is 11.1. The van der Waals surface area contributed by atoms with Gasteiger partial charge in [0.05, 0.1) is 19.2 Å². The predicted octanol–water partition coefficient (Wildman–Crippen LogP) is 1.36. The smallest absolute Gasteiger partial charge is 0.311 e. The number of ether oxygens (including phenoxy) is 1. The van der Waals surface area contributed by atoms with E-state index in [0.29, 0.717) is 0 Å². The fourth-order valence-corrected chi connectivity index (χ4v) is 1.51. The molecule has 2 aromatic heterocycles. The minimum atomic E-state index is -0.268. The molecule has 78 valence electrons. The molecule has 0 aliphatic heterocycles. The maximum Gasteiger partial charge on any atom is 0.311 e. The minimum Gasteiger partial charge on any atom is -0.469 e. The molecule has 2 rings (SSSR count). The Morgan fingerprint density at radius 1 is 1.60 bits per heavy atom. The molecule has 0 aromatic carbocycles. The van der Waals surface area contributed by atoms with E-state index >= 15 is 0 Å². The fraction of sp³-hybridized carbons (Fsp3) is 0.273. The van der Waals surface area contributed by atoms with Gasteiger partial charge in [0.25, 0.3) is 0 Å². The average Bonchev–Trinajstić information content (AvgIpc) is 2.62. The van der Waals surface area contributed by atoms with Crippen LogP contribution >= 0.6 is 0 Å². The van der Waals surface area contributed by atoms with Crippen molar-refractivity contribution >= 4 is 11.6 Å². The van der Waals surface area contributed by atoms with Gasteiger partial charge >= 0.3 is 5.97 Å². The van der Waals surface area contributed by atoms with Crippen molar-refractivity contribution in [2.45, 2.75) is 13.3 Å². The number of esters is 1. The van der Waals surface area contributed by atoms with Gasteiger partial charge in [-0.1, -0.05) is 6.07 Å². The number of nitrogens with zero attached hydrogens (tertiary/aromatic N) is 2. The van der Waals surface area contributed by atoms with Gasteiger partial charge in [-0.05, 0) is 18.6 Å². The highest BCUT2D eigenvalue weighted by Gasteiger charge is 2.08. The van der Waals surface area contributed by atoms with Crippen LogP contribution in [0.5, 0.6) is 0 Å². The van der Waals surface area contributed by atoms with E-state index in [1.807, 2.05) is 35.9 Å². The third-order valence-corrected chi connectivity index (χ3v) is 2.28. The van der Waals surface area contributed by atoms with Crippen LogP contribution in [0.2, 0.25) is 0 Å². The molecule has 4 heteroatoms. The summed E-state index contributed by atoms with van der Waals surface area (Å²) in [5.74, 6) is -0.268. The lowest BCUT2D eigenvalue weighted by molar-refractivity contribution is -0.139. The van der Waals surface area contributed by atoms with Gasteiger partial charge in [-0.2, -0.15) is 0 Å². The molecular weight excluding hydrogens is 192 g/mol. The van der Waals surface area contributed by atoms with Crippen molar-refractivity contribution in [1.29, 1.82) is 0 Å². The van der Waals surface area contributed by atoms with Crippen LogP contribution in [0.15, 0.2) is 24.5 Å². The number of imidazole rings is 1. The molecule has 0 aliphatic rings. The van der Waals surface area contributed by atoms with Gasteiger partial charge in [-0.3, -0.25) is 4.79 Å². The van der Waals surface area contributed by atoms with Crippen molar-refractivity contribution in [1.82, 2.24) is 9.38 Å². The first-order valence-corrected chi connectivity index (χ1v) is 4.70. The topological polar surface area (TPSA) is 43.6 Å². The zero-order chi connectivity index (χ0) is 10.8. The van der Waals surface area contributed by atoms with E-state index in [-0.39, 0.29) is 12.4 Å². The number of hydrogen-bond acceptors (Lipinski definition) is 3. The molecule has 0 atom stereocenters. The lowest BCUT2D eigenvalue weighted by atomic mass is 10.3. The van der Waals surface area contributed by atoms with Gasteiger partial charge in [0, 0.05) is 12.4 Å². The molecule has 0 saturated carbocycles. The van der Waals surface area contributed by atoms with E-state index in [0.717, 1.165) is 16.9 Å². The van der Waals surface area contributed by atoms with Gasteiger partial charge in [0.15, 0.2) is 0 Å². The Kier molecular flexibility index (Phi) is 2.41. The van der Waals surface area contributed by atoms with Crippen LogP contribution in [0, 0.1) is 6.92 Å². The first-order chi connectivity index (χ1) is 7.20. The van der Waals surface area contributed by atoms with Crippen LogP contribution in [0.4, 0.5) is 0 Å². The summed E-state index contributed by atoms with van der Waals surface area (Å²) in [5.41, 5.74) is 2.71. The van der Waals surface area contributed by atoms with E-state index in [4.69, 9.17) is 0 Å². The molecule has 0 bridgehead atoms. The molecule has 0 spiro atoms. The van der Waals surface area contributed by atoms with Crippen LogP contribution < -0.4 is 0 Å². The van der Waals surface area contributed by atoms with E-state index in [1.165, 1.54) is 7.11 Å². The van der Waals surface area contributed by atoms with Crippen molar-refractivity contribution in [3.8, 4) is 0 Å². The van der Waals surface area contributed by atoms with Crippen molar-refractivity contribution in [2.75, 3.05) is 7.11 Å². The Morgan fingerprint density at radius 3 is 3.07 bits per heavy atom. The number of methoxy groups -OCH3 is 1. The van der Waals surface area contributed by atoms with E-state index in [9.17, 15) is 4.79 Å². The zero-order valence-corrected chi connectivity index (χ0v) is 8.73. The third kappa shape index (κ3) is 1.83. The number of fused-ring (bicyclic) bond motifs is 1. The van der Waals surface area contributed by atoms with Gasteiger partial charge in [-0.25, -0.2) is 4.98 Å². The first kappa shape index (κ1) is 9.71. The summed E-state index contributed by atoms with van der Waals surface area (Å²) >= 11 is 0. The molecule has 15 heavy (non-hydrogen) atoms. The number of aromatic nitrogens is 2. The second-order valence-electron chi connectivity index (χ2n) is 3.41. The van der Waals surface area contributed by atoms with Crippen LogP contribution in [0.25, 0.3) is 5.65 Å². The zero-order valence-electron chi connectivity index (χ0n) is 8.73. The number of hydrogen-bond donors (Lipinski definition) is 0. The molecule has 0 N–H and O–H groups in total. The van der Waals surface area contributed by atoms with E-state index < -0.39 is 0 Å². The number of aryl methyl sites for hydroxylation is 1. The molecule has 0 radical (unpaired) electrons. The van der Waals surface area contributed by atoms with E-state index in [2.05, 4.69) is 9.72 Å². The SMILES string of the molecule is COC(=O)Cc1cn2cccc(C)c2n1. The Hall–Kier alpha value is -1.84. The fourth-order valence-electron chi connectivity index (χ4n) is 1.51. The van der Waals surface area contributed by atoms with E-state index in [1.54, 1.807) is 0 Å². The van der Waals surface area contributed by atoms with Crippen molar-refractivity contribution in [3.05, 3.63) is 35.8 Å². The largest absolute Gasteiger partial charge is 0.469 e. The Labute approximate surface area is 87.5 Å². The number of carbonyl (C=O) groups excluding carboxylic acids is 1. The Morgan fingerprint density at radius 2 is 2.40 bits per heavy atom. The van der Waals surface area contributed by atoms with Crippen LogP contribution in [-0.2, 0) is 16.0 Å². The lowest BCUT2D eigenvalue weighted by Gasteiger charge is -1.94. The monoisotopic (exact) mass is 204 g/mol. The molecule has 0 amide bonds. The Bertz CT molecular complexity index is 502. The quantitative estimate of drug-likeness (QED) is 0.694. The summed E-state index contributed by atoms with van der Waals surface area (Å²) in [7, 11) is 1.38. The highest BCUT2D eigenvalue weighted by atomic mass is 16.5. The molecule has 2 aromatic rings. The minimum absolute atomic E-state index is 0.220. The van der Waals surface area contributed by atoms with Crippen LogP contribution in [-0.4, -0.2) is 22.5 Å². The summed E-state index contributed by atoms with van der Waals surface area (Å²) in [6, 6.07) is 3.94. The van der Waals surface area contributed by atoms with Gasteiger partial charge in [0.1, 0.15) is 5.65 Å². The van der Waals surface area contributed by atoms with Crippen molar-refractivity contribution in [3.63, 3.8) is 0 Å². The summed E-state index contributed by atoms with van der Waals surface area (Å²) in [5, 5.41) is 0. The first-order valence-electron chi connectivity index (χ1n) is 4.70. The molecule has 0 unspecified atom stereocenters. The van der Waals surface area contributed by atoms with Crippen molar-refractivity contribution < 1.29 is 9.53 Å². The summed E-state index contributed by atoms with van der Waals surface area (Å²) in [6.07, 6.45) is 3.98. The number of carbonyl (C=O) groups is 1. The normalized spacial score (nSPS) is 10.5. The van der Waals surface area contributed by atoms with Gasteiger partial charge in [0.2, 0.25) is 0 Å². The summed E-state index contributed by atoms with van der Waals surface area (Å²) in [4.78, 5) is 15.4. The highest BCUT2D eigenvalue weighted by Crippen LogP contribution is 2.10.